The van der Waals surface area contributed by atoms with Crippen LogP contribution in [0.25, 0.3) is 22.5 Å². The largest absolute Gasteiger partial charge is 0.416 e. The molecule has 7 heteroatoms. The van der Waals surface area contributed by atoms with Crippen LogP contribution >= 0.6 is 0 Å². The summed E-state index contributed by atoms with van der Waals surface area (Å²) in [7, 11) is 0. The predicted molar refractivity (Wildman–Crippen MR) is 141 cm³/mol. The van der Waals surface area contributed by atoms with Gasteiger partial charge in [0, 0.05) is 29.8 Å². The van der Waals surface area contributed by atoms with Gasteiger partial charge in [-0.1, -0.05) is 66.7 Å². The number of halogens is 3. The van der Waals surface area contributed by atoms with Gasteiger partial charge < -0.3 is 15.6 Å². The quantitative estimate of drug-likeness (QED) is 0.268. The standard InChI is InChI=1S/C30H31F3N4/c1-21-27(37-28(36-21)25-11-13-26(14-12-25)30(31,32)33)19-29(15-17-34-18-16-29)35-20-22-7-9-24(10-8-22)23-5-3-2-4-6-23/h2-14,34-35H,15-20H2,1H3,(H,36,37). The summed E-state index contributed by atoms with van der Waals surface area (Å²) >= 11 is 0. The fourth-order valence-electron chi connectivity index (χ4n) is 5.00. The Morgan fingerprint density at radius 2 is 1.46 bits per heavy atom. The van der Waals surface area contributed by atoms with E-state index in [4.69, 9.17) is 4.98 Å². The zero-order valence-corrected chi connectivity index (χ0v) is 20.8. The summed E-state index contributed by atoms with van der Waals surface area (Å²) in [4.78, 5) is 8.10. The number of hydrogen-bond donors (Lipinski definition) is 3. The summed E-state index contributed by atoms with van der Waals surface area (Å²) in [5, 5.41) is 7.29. The summed E-state index contributed by atoms with van der Waals surface area (Å²) in [5.74, 6) is 0.599. The van der Waals surface area contributed by atoms with Crippen LogP contribution in [-0.4, -0.2) is 28.6 Å². The molecule has 192 valence electrons. The number of alkyl halides is 3. The van der Waals surface area contributed by atoms with Crippen molar-refractivity contribution in [3.63, 3.8) is 0 Å². The number of piperidine rings is 1. The van der Waals surface area contributed by atoms with E-state index < -0.39 is 11.7 Å². The Hall–Kier alpha value is -3.42. The summed E-state index contributed by atoms with van der Waals surface area (Å²) in [5.41, 5.74) is 5.40. The second-order valence-corrected chi connectivity index (χ2v) is 9.86. The second-order valence-electron chi connectivity index (χ2n) is 9.86. The van der Waals surface area contributed by atoms with Gasteiger partial charge in [0.15, 0.2) is 0 Å². The van der Waals surface area contributed by atoms with Crippen LogP contribution in [0.5, 0.6) is 0 Å². The van der Waals surface area contributed by atoms with E-state index in [0.29, 0.717) is 11.4 Å². The van der Waals surface area contributed by atoms with Crippen molar-refractivity contribution in [1.82, 2.24) is 20.6 Å². The number of benzene rings is 3. The molecule has 1 aliphatic heterocycles. The fourth-order valence-corrected chi connectivity index (χ4v) is 5.00. The molecule has 1 aromatic heterocycles. The lowest BCUT2D eigenvalue weighted by Gasteiger charge is -2.38. The second kappa shape index (κ2) is 10.5. The van der Waals surface area contributed by atoms with Crippen molar-refractivity contribution in [2.75, 3.05) is 13.1 Å². The van der Waals surface area contributed by atoms with Gasteiger partial charge in [-0.05, 0) is 61.7 Å². The molecule has 3 aromatic carbocycles. The number of imidazole rings is 1. The van der Waals surface area contributed by atoms with Crippen LogP contribution in [0.15, 0.2) is 78.9 Å². The molecule has 0 radical (unpaired) electrons. The van der Waals surface area contributed by atoms with E-state index in [9.17, 15) is 13.2 Å². The fraction of sp³-hybridized carbons (Fsp3) is 0.300. The molecule has 4 nitrogen and oxygen atoms in total. The van der Waals surface area contributed by atoms with Crippen molar-refractivity contribution in [2.45, 2.75) is 44.4 Å². The summed E-state index contributed by atoms with van der Waals surface area (Å²) in [6.45, 7) is 4.58. The first-order valence-corrected chi connectivity index (χ1v) is 12.6. The average Bonchev–Trinajstić information content (AvgIpc) is 3.28. The lowest BCUT2D eigenvalue weighted by atomic mass is 9.83. The third kappa shape index (κ3) is 5.95. The van der Waals surface area contributed by atoms with Crippen LogP contribution in [0.3, 0.4) is 0 Å². The molecule has 1 fully saturated rings. The van der Waals surface area contributed by atoms with Gasteiger partial charge in [0.05, 0.1) is 11.3 Å². The monoisotopic (exact) mass is 504 g/mol. The van der Waals surface area contributed by atoms with Crippen molar-refractivity contribution in [3.05, 3.63) is 101 Å². The third-order valence-electron chi connectivity index (χ3n) is 7.27. The number of nitrogens with zero attached hydrogens (tertiary/aromatic N) is 1. The summed E-state index contributed by atoms with van der Waals surface area (Å²) < 4.78 is 38.9. The van der Waals surface area contributed by atoms with Gasteiger partial charge in [0.1, 0.15) is 5.82 Å². The lowest BCUT2D eigenvalue weighted by Crippen LogP contribution is -2.53. The highest BCUT2D eigenvalue weighted by Gasteiger charge is 2.33. The van der Waals surface area contributed by atoms with E-state index in [1.54, 1.807) is 0 Å². The number of aromatic amines is 1. The van der Waals surface area contributed by atoms with E-state index in [1.807, 2.05) is 25.1 Å². The first kappa shape index (κ1) is 25.2. The van der Waals surface area contributed by atoms with E-state index >= 15 is 0 Å². The smallest absolute Gasteiger partial charge is 0.342 e. The average molecular weight is 505 g/mol. The Balaban J connectivity index is 1.30. The summed E-state index contributed by atoms with van der Waals surface area (Å²) in [6.07, 6.45) is -1.66. The van der Waals surface area contributed by atoms with Crippen LogP contribution in [0.1, 0.15) is 35.4 Å². The Morgan fingerprint density at radius 3 is 2.11 bits per heavy atom. The highest BCUT2D eigenvalue weighted by Crippen LogP contribution is 2.31. The minimum Gasteiger partial charge on any atom is -0.342 e. The molecule has 2 heterocycles. The number of rotatable bonds is 7. The molecule has 0 bridgehead atoms. The van der Waals surface area contributed by atoms with Crippen LogP contribution in [0.2, 0.25) is 0 Å². The normalized spacial score (nSPS) is 15.6. The van der Waals surface area contributed by atoms with E-state index in [2.05, 4.69) is 52.0 Å². The maximum absolute atomic E-state index is 13.0. The minimum absolute atomic E-state index is 0.110. The van der Waals surface area contributed by atoms with Gasteiger partial charge in [0.2, 0.25) is 0 Å². The van der Waals surface area contributed by atoms with Gasteiger partial charge in [-0.15, -0.1) is 0 Å². The molecule has 1 aliphatic rings. The van der Waals surface area contributed by atoms with Gasteiger partial charge >= 0.3 is 6.18 Å². The van der Waals surface area contributed by atoms with Crippen molar-refractivity contribution < 1.29 is 13.2 Å². The molecular weight excluding hydrogens is 473 g/mol. The number of nitrogens with one attached hydrogen (secondary N) is 3. The first-order chi connectivity index (χ1) is 17.8. The topological polar surface area (TPSA) is 52.7 Å². The van der Waals surface area contributed by atoms with Crippen molar-refractivity contribution in [1.29, 1.82) is 0 Å². The van der Waals surface area contributed by atoms with Crippen LogP contribution in [-0.2, 0) is 19.1 Å². The van der Waals surface area contributed by atoms with Crippen molar-refractivity contribution in [3.8, 4) is 22.5 Å². The van der Waals surface area contributed by atoms with E-state index in [0.717, 1.165) is 62.4 Å². The Labute approximate surface area is 215 Å². The molecule has 0 atom stereocenters. The maximum atomic E-state index is 13.0. The van der Waals surface area contributed by atoms with Gasteiger partial charge in [-0.2, -0.15) is 13.2 Å². The molecule has 5 rings (SSSR count). The molecule has 0 spiro atoms. The molecule has 0 unspecified atom stereocenters. The Kier molecular flexibility index (Phi) is 7.17. The third-order valence-corrected chi connectivity index (χ3v) is 7.27. The zero-order valence-electron chi connectivity index (χ0n) is 20.8. The first-order valence-electron chi connectivity index (χ1n) is 12.6. The molecule has 0 aliphatic carbocycles. The van der Waals surface area contributed by atoms with E-state index in [1.165, 1.54) is 28.8 Å². The Morgan fingerprint density at radius 1 is 0.838 bits per heavy atom. The molecule has 0 saturated carbocycles. The zero-order chi connectivity index (χ0) is 25.9. The minimum atomic E-state index is -4.35. The Bertz CT molecular complexity index is 1300. The van der Waals surface area contributed by atoms with E-state index in [-0.39, 0.29) is 5.54 Å². The van der Waals surface area contributed by atoms with Crippen LogP contribution in [0, 0.1) is 6.92 Å². The van der Waals surface area contributed by atoms with Crippen molar-refractivity contribution >= 4 is 0 Å². The molecule has 1 saturated heterocycles. The van der Waals surface area contributed by atoms with Crippen molar-refractivity contribution in [2.24, 2.45) is 0 Å². The van der Waals surface area contributed by atoms with Crippen LogP contribution < -0.4 is 10.6 Å². The molecule has 0 amide bonds. The highest BCUT2D eigenvalue weighted by molar-refractivity contribution is 5.63. The molecular formula is C30H31F3N4. The summed E-state index contributed by atoms with van der Waals surface area (Å²) in [6, 6.07) is 24.2. The van der Waals surface area contributed by atoms with Gasteiger partial charge in [0.25, 0.3) is 0 Å². The SMILES string of the molecule is Cc1[nH]c(-c2ccc(C(F)(F)F)cc2)nc1CC1(NCc2ccc(-c3ccccc3)cc2)CCNCC1. The molecule has 3 N–H and O–H groups in total. The number of aromatic nitrogens is 2. The highest BCUT2D eigenvalue weighted by atomic mass is 19.4. The van der Waals surface area contributed by atoms with Crippen LogP contribution in [0.4, 0.5) is 13.2 Å². The molecule has 4 aromatic rings. The lowest BCUT2D eigenvalue weighted by molar-refractivity contribution is -0.137. The number of H-pyrrole nitrogens is 1. The maximum Gasteiger partial charge on any atom is 0.416 e. The van der Waals surface area contributed by atoms with Gasteiger partial charge in [-0.25, -0.2) is 4.98 Å². The van der Waals surface area contributed by atoms with Gasteiger partial charge in [-0.3, -0.25) is 0 Å². The predicted octanol–water partition coefficient (Wildman–Crippen LogP) is 6.53. The number of hydrogen-bond acceptors (Lipinski definition) is 3. The number of aryl methyl sites for hydroxylation is 1. The molecule has 37 heavy (non-hydrogen) atoms.